The predicted molar refractivity (Wildman–Crippen MR) is 72.5 cm³/mol. The van der Waals surface area contributed by atoms with E-state index in [1.165, 1.54) is 0 Å². The number of hydrogen-bond acceptors (Lipinski definition) is 1. The summed E-state index contributed by atoms with van der Waals surface area (Å²) >= 11 is 11.5. The van der Waals surface area contributed by atoms with E-state index in [9.17, 15) is 4.79 Å². The van der Waals surface area contributed by atoms with Crippen molar-refractivity contribution in [3.63, 3.8) is 0 Å². The summed E-state index contributed by atoms with van der Waals surface area (Å²) in [7, 11) is 0. The van der Waals surface area contributed by atoms with E-state index in [0.717, 1.165) is 12.0 Å². The molecule has 0 aliphatic carbocycles. The van der Waals surface area contributed by atoms with Crippen molar-refractivity contribution in [2.45, 2.75) is 32.9 Å². The van der Waals surface area contributed by atoms with Gasteiger partial charge in [0, 0.05) is 17.6 Å². The number of carbonyl (C=O) groups excluding carboxylic acids is 1. The van der Waals surface area contributed by atoms with Crippen molar-refractivity contribution in [1.29, 1.82) is 0 Å². The number of carbonyl (C=O) groups is 1. The van der Waals surface area contributed by atoms with Gasteiger partial charge in [0.2, 0.25) is 5.91 Å². The van der Waals surface area contributed by atoms with E-state index in [4.69, 9.17) is 23.2 Å². The molecule has 0 saturated heterocycles. The van der Waals surface area contributed by atoms with Crippen molar-refractivity contribution >= 4 is 29.1 Å². The smallest absolute Gasteiger partial charge is 0.238 e. The molecule has 0 spiro atoms. The Morgan fingerprint density at radius 3 is 2.41 bits per heavy atom. The van der Waals surface area contributed by atoms with Gasteiger partial charge in [-0.1, -0.05) is 30.7 Å². The van der Waals surface area contributed by atoms with Crippen LogP contribution >= 0.6 is 23.2 Å². The van der Waals surface area contributed by atoms with Crippen molar-refractivity contribution in [1.82, 2.24) is 4.90 Å². The third-order valence-corrected chi connectivity index (χ3v) is 3.30. The van der Waals surface area contributed by atoms with Crippen molar-refractivity contribution in [2.75, 3.05) is 5.88 Å². The number of amides is 1. The van der Waals surface area contributed by atoms with Gasteiger partial charge < -0.3 is 4.90 Å². The first kappa shape index (κ1) is 14.3. The number of halogens is 2. The van der Waals surface area contributed by atoms with Crippen LogP contribution in [-0.2, 0) is 11.3 Å². The zero-order valence-corrected chi connectivity index (χ0v) is 11.6. The molecule has 1 aromatic carbocycles. The third kappa shape index (κ3) is 4.21. The minimum Gasteiger partial charge on any atom is -0.335 e. The van der Waals surface area contributed by atoms with E-state index in [-0.39, 0.29) is 17.8 Å². The number of rotatable bonds is 5. The Labute approximate surface area is 113 Å². The normalized spacial score (nSPS) is 12.2. The van der Waals surface area contributed by atoms with Gasteiger partial charge in [0.25, 0.3) is 0 Å². The van der Waals surface area contributed by atoms with Gasteiger partial charge in [-0.05, 0) is 31.0 Å². The lowest BCUT2D eigenvalue weighted by atomic mass is 10.1. The maximum absolute atomic E-state index is 11.8. The van der Waals surface area contributed by atoms with Crippen LogP contribution in [0.5, 0.6) is 0 Å². The van der Waals surface area contributed by atoms with Gasteiger partial charge in [-0.15, -0.1) is 11.6 Å². The van der Waals surface area contributed by atoms with Gasteiger partial charge in [-0.3, -0.25) is 4.79 Å². The zero-order chi connectivity index (χ0) is 12.8. The maximum Gasteiger partial charge on any atom is 0.238 e. The quantitative estimate of drug-likeness (QED) is 0.749. The Morgan fingerprint density at radius 2 is 1.94 bits per heavy atom. The number of nitrogens with zero attached hydrogens (tertiary/aromatic N) is 1. The van der Waals surface area contributed by atoms with Crippen LogP contribution in [0.25, 0.3) is 0 Å². The monoisotopic (exact) mass is 273 g/mol. The largest absolute Gasteiger partial charge is 0.335 e. The molecule has 1 aromatic rings. The van der Waals surface area contributed by atoms with E-state index in [0.29, 0.717) is 11.6 Å². The molecule has 0 N–H and O–H groups in total. The van der Waals surface area contributed by atoms with E-state index in [2.05, 4.69) is 6.92 Å². The molecule has 0 aliphatic heterocycles. The summed E-state index contributed by atoms with van der Waals surface area (Å²) in [6, 6.07) is 7.71. The van der Waals surface area contributed by atoms with Crippen LogP contribution in [0.1, 0.15) is 25.8 Å². The van der Waals surface area contributed by atoms with E-state index in [1.54, 1.807) is 4.90 Å². The van der Waals surface area contributed by atoms with Crippen LogP contribution in [0, 0.1) is 0 Å². The summed E-state index contributed by atoms with van der Waals surface area (Å²) in [5.74, 6) is -0.00579. The fraction of sp³-hybridized carbons (Fsp3) is 0.462. The first-order chi connectivity index (χ1) is 8.08. The lowest BCUT2D eigenvalue weighted by Gasteiger charge is -2.28. The van der Waals surface area contributed by atoms with Crippen LogP contribution in [-0.4, -0.2) is 22.7 Å². The predicted octanol–water partition coefficient (Wildman–Crippen LogP) is 3.71. The second-order valence-electron chi connectivity index (χ2n) is 4.04. The Balaban J connectivity index is 2.78. The summed E-state index contributed by atoms with van der Waals surface area (Å²) in [5.41, 5.74) is 1.06. The summed E-state index contributed by atoms with van der Waals surface area (Å²) in [6.45, 7) is 4.67. The molecule has 0 fully saturated rings. The molecule has 1 amide bonds. The van der Waals surface area contributed by atoms with E-state index in [1.807, 2.05) is 31.2 Å². The van der Waals surface area contributed by atoms with Gasteiger partial charge in [-0.25, -0.2) is 0 Å². The summed E-state index contributed by atoms with van der Waals surface area (Å²) < 4.78 is 0. The third-order valence-electron chi connectivity index (χ3n) is 2.82. The maximum atomic E-state index is 11.8. The molecule has 2 nitrogen and oxygen atoms in total. The van der Waals surface area contributed by atoms with E-state index >= 15 is 0 Å². The molecule has 0 bridgehead atoms. The first-order valence-corrected chi connectivity index (χ1v) is 6.59. The summed E-state index contributed by atoms with van der Waals surface area (Å²) in [6.07, 6.45) is 0.913. The zero-order valence-electron chi connectivity index (χ0n) is 10.1. The van der Waals surface area contributed by atoms with Gasteiger partial charge in [0.15, 0.2) is 0 Å². The highest BCUT2D eigenvalue weighted by Gasteiger charge is 2.17. The standard InChI is InChI=1S/C13H17Cl2NO/c1-3-10(2)16(13(17)8-14)9-11-4-6-12(15)7-5-11/h4-7,10H,3,8-9H2,1-2H3. The molecule has 0 aromatic heterocycles. The second kappa shape index (κ2) is 6.87. The molecule has 0 heterocycles. The van der Waals surface area contributed by atoms with E-state index < -0.39 is 0 Å². The summed E-state index contributed by atoms with van der Waals surface area (Å²) in [5, 5.41) is 0.701. The average Bonchev–Trinajstić information content (AvgIpc) is 2.36. The van der Waals surface area contributed by atoms with Crippen LogP contribution < -0.4 is 0 Å². The highest BCUT2D eigenvalue weighted by Crippen LogP contribution is 2.14. The van der Waals surface area contributed by atoms with Gasteiger partial charge in [0.05, 0.1) is 0 Å². The molecule has 17 heavy (non-hydrogen) atoms. The molecule has 1 rings (SSSR count). The van der Waals surface area contributed by atoms with Crippen molar-refractivity contribution in [3.05, 3.63) is 34.9 Å². The van der Waals surface area contributed by atoms with Crippen LogP contribution in [0.2, 0.25) is 5.02 Å². The summed E-state index contributed by atoms with van der Waals surface area (Å²) in [4.78, 5) is 13.6. The number of benzene rings is 1. The average molecular weight is 274 g/mol. The minimum absolute atomic E-state index is 0.0257. The second-order valence-corrected chi connectivity index (χ2v) is 4.74. The van der Waals surface area contributed by atoms with Gasteiger partial charge >= 0.3 is 0 Å². The molecule has 4 heteroatoms. The first-order valence-electron chi connectivity index (χ1n) is 5.68. The highest BCUT2D eigenvalue weighted by molar-refractivity contribution is 6.30. The number of hydrogen-bond donors (Lipinski definition) is 0. The number of alkyl halides is 1. The molecule has 0 aliphatic rings. The molecule has 94 valence electrons. The fourth-order valence-electron chi connectivity index (χ4n) is 1.57. The Hall–Kier alpha value is -0.730. The van der Waals surface area contributed by atoms with Crippen LogP contribution in [0.3, 0.4) is 0 Å². The molecule has 0 saturated carbocycles. The minimum atomic E-state index is -0.0315. The fourth-order valence-corrected chi connectivity index (χ4v) is 1.85. The molecule has 1 unspecified atom stereocenters. The van der Waals surface area contributed by atoms with Crippen molar-refractivity contribution in [2.24, 2.45) is 0 Å². The lowest BCUT2D eigenvalue weighted by molar-refractivity contribution is -0.131. The van der Waals surface area contributed by atoms with Crippen molar-refractivity contribution < 1.29 is 4.79 Å². The van der Waals surface area contributed by atoms with Crippen molar-refractivity contribution in [3.8, 4) is 0 Å². The lowest BCUT2D eigenvalue weighted by Crippen LogP contribution is -2.38. The molecular formula is C13H17Cl2NO. The Morgan fingerprint density at radius 1 is 1.35 bits per heavy atom. The molecule has 0 radical (unpaired) electrons. The van der Waals surface area contributed by atoms with Gasteiger partial charge in [-0.2, -0.15) is 0 Å². The van der Waals surface area contributed by atoms with Gasteiger partial charge in [0.1, 0.15) is 5.88 Å². The highest BCUT2D eigenvalue weighted by atomic mass is 35.5. The topological polar surface area (TPSA) is 20.3 Å². The molecular weight excluding hydrogens is 257 g/mol. The van der Waals surface area contributed by atoms with Crippen LogP contribution in [0.4, 0.5) is 0 Å². The Bertz CT molecular complexity index is 364. The molecule has 1 atom stereocenters. The SMILES string of the molecule is CCC(C)N(Cc1ccc(Cl)cc1)C(=O)CCl. The van der Waals surface area contributed by atoms with Crippen LogP contribution in [0.15, 0.2) is 24.3 Å². The Kier molecular flexibility index (Phi) is 5.79.